The molecule has 0 N–H and O–H groups in total. The Kier molecular flexibility index (Phi) is 2.21. The molecule has 1 spiro atoms. The minimum absolute atomic E-state index is 0.194. The van der Waals surface area contributed by atoms with E-state index >= 15 is 0 Å². The molecule has 0 bridgehead atoms. The molecule has 0 atom stereocenters. The van der Waals surface area contributed by atoms with Gasteiger partial charge in [-0.1, -0.05) is 11.6 Å². The summed E-state index contributed by atoms with van der Waals surface area (Å²) < 4.78 is 6.03. The maximum absolute atomic E-state index is 12.0. The third kappa shape index (κ3) is 1.52. The summed E-state index contributed by atoms with van der Waals surface area (Å²) in [4.78, 5) is 12.0. The van der Waals surface area contributed by atoms with Gasteiger partial charge in [0.2, 0.25) is 0 Å². The first-order valence-electron chi connectivity index (χ1n) is 5.70. The van der Waals surface area contributed by atoms with Gasteiger partial charge in [-0.3, -0.25) is 4.79 Å². The number of Topliss-reactive ketones (excluding diaryl/α,β-unsaturated/α-hetero) is 1. The van der Waals surface area contributed by atoms with Gasteiger partial charge in [0, 0.05) is 5.02 Å². The van der Waals surface area contributed by atoms with Crippen LogP contribution in [0.4, 0.5) is 0 Å². The standard InChI is InChI=1S/C13H13ClO2/c14-9-3-4-10-11(15)8-13(5-1-2-6-13)16-12(10)7-9/h3-4,7H,1-2,5-6,8H2. The molecular formula is C13H13ClO2. The molecule has 1 aromatic rings. The predicted molar refractivity (Wildman–Crippen MR) is 62.2 cm³/mol. The Morgan fingerprint density at radius 1 is 1.25 bits per heavy atom. The first-order chi connectivity index (χ1) is 7.69. The quantitative estimate of drug-likeness (QED) is 0.688. The number of rotatable bonds is 0. The summed E-state index contributed by atoms with van der Waals surface area (Å²) in [7, 11) is 0. The lowest BCUT2D eigenvalue weighted by molar-refractivity contribution is 0.0451. The molecule has 1 aliphatic heterocycles. The Morgan fingerprint density at radius 2 is 2.00 bits per heavy atom. The average molecular weight is 237 g/mol. The SMILES string of the molecule is O=C1CC2(CCCC2)Oc2cc(Cl)ccc21. The number of hydrogen-bond donors (Lipinski definition) is 0. The Labute approximate surface area is 99.6 Å². The molecule has 1 fully saturated rings. The van der Waals surface area contributed by atoms with Gasteiger partial charge in [0.1, 0.15) is 11.4 Å². The second-order valence-corrected chi connectivity index (χ2v) is 5.17. The van der Waals surface area contributed by atoms with Crippen molar-refractivity contribution in [3.05, 3.63) is 28.8 Å². The monoisotopic (exact) mass is 236 g/mol. The van der Waals surface area contributed by atoms with Crippen molar-refractivity contribution in [2.45, 2.75) is 37.7 Å². The number of ketones is 1. The highest BCUT2D eigenvalue weighted by molar-refractivity contribution is 6.30. The normalized spacial score (nSPS) is 21.9. The largest absolute Gasteiger partial charge is 0.486 e. The van der Waals surface area contributed by atoms with Crippen LogP contribution in [0.5, 0.6) is 5.75 Å². The minimum Gasteiger partial charge on any atom is -0.486 e. The molecule has 1 aliphatic carbocycles. The second kappa shape index (κ2) is 3.49. The van der Waals surface area contributed by atoms with Crippen LogP contribution in [-0.4, -0.2) is 11.4 Å². The highest BCUT2D eigenvalue weighted by Crippen LogP contribution is 2.43. The molecule has 0 aromatic heterocycles. The van der Waals surface area contributed by atoms with E-state index in [1.165, 1.54) is 0 Å². The van der Waals surface area contributed by atoms with Gasteiger partial charge in [-0.05, 0) is 43.9 Å². The molecule has 1 heterocycles. The summed E-state index contributed by atoms with van der Waals surface area (Å²) >= 11 is 5.93. The Bertz CT molecular complexity index is 447. The van der Waals surface area contributed by atoms with Gasteiger partial charge in [0.25, 0.3) is 0 Å². The van der Waals surface area contributed by atoms with Crippen molar-refractivity contribution in [2.24, 2.45) is 0 Å². The smallest absolute Gasteiger partial charge is 0.170 e. The van der Waals surface area contributed by atoms with Crippen LogP contribution in [0.15, 0.2) is 18.2 Å². The van der Waals surface area contributed by atoms with Crippen LogP contribution in [0, 0.1) is 0 Å². The first kappa shape index (κ1) is 10.2. The van der Waals surface area contributed by atoms with E-state index in [2.05, 4.69) is 0 Å². The molecule has 2 aliphatic rings. The van der Waals surface area contributed by atoms with Crippen LogP contribution in [0.2, 0.25) is 5.02 Å². The lowest BCUT2D eigenvalue weighted by atomic mass is 9.89. The number of fused-ring (bicyclic) bond motifs is 1. The highest BCUT2D eigenvalue weighted by Gasteiger charge is 2.42. The third-order valence-electron chi connectivity index (χ3n) is 3.57. The zero-order valence-corrected chi connectivity index (χ0v) is 9.72. The maximum Gasteiger partial charge on any atom is 0.170 e. The van der Waals surface area contributed by atoms with E-state index in [0.29, 0.717) is 22.8 Å². The third-order valence-corrected chi connectivity index (χ3v) is 3.80. The zero-order valence-electron chi connectivity index (χ0n) is 8.96. The van der Waals surface area contributed by atoms with E-state index in [4.69, 9.17) is 16.3 Å². The van der Waals surface area contributed by atoms with Gasteiger partial charge in [-0.2, -0.15) is 0 Å². The average Bonchev–Trinajstić information content (AvgIpc) is 2.65. The molecule has 0 saturated heterocycles. The fraction of sp³-hybridized carbons (Fsp3) is 0.462. The van der Waals surface area contributed by atoms with Crippen LogP contribution >= 0.6 is 11.6 Å². The van der Waals surface area contributed by atoms with Crippen molar-refractivity contribution in [1.82, 2.24) is 0 Å². The van der Waals surface area contributed by atoms with E-state index in [1.807, 2.05) is 0 Å². The minimum atomic E-state index is -0.227. The molecule has 84 valence electrons. The molecule has 16 heavy (non-hydrogen) atoms. The van der Waals surface area contributed by atoms with Crippen molar-refractivity contribution in [3.8, 4) is 5.75 Å². The Balaban J connectivity index is 2.03. The number of ether oxygens (including phenoxy) is 1. The summed E-state index contributed by atoms with van der Waals surface area (Å²) in [6.45, 7) is 0. The van der Waals surface area contributed by atoms with Crippen molar-refractivity contribution in [3.63, 3.8) is 0 Å². The van der Waals surface area contributed by atoms with Crippen LogP contribution in [0.25, 0.3) is 0 Å². The molecule has 3 heteroatoms. The van der Waals surface area contributed by atoms with Crippen molar-refractivity contribution < 1.29 is 9.53 Å². The number of halogens is 1. The van der Waals surface area contributed by atoms with E-state index in [0.717, 1.165) is 25.7 Å². The van der Waals surface area contributed by atoms with Crippen LogP contribution < -0.4 is 4.74 Å². The summed E-state index contributed by atoms with van der Waals surface area (Å²) in [5.74, 6) is 0.866. The lowest BCUT2D eigenvalue weighted by Gasteiger charge is -2.34. The molecule has 1 aromatic carbocycles. The van der Waals surface area contributed by atoms with Crippen molar-refractivity contribution >= 4 is 17.4 Å². The van der Waals surface area contributed by atoms with Gasteiger partial charge in [0.15, 0.2) is 5.78 Å². The van der Waals surface area contributed by atoms with E-state index in [9.17, 15) is 4.79 Å². The fourth-order valence-electron chi connectivity index (χ4n) is 2.77. The summed E-state index contributed by atoms with van der Waals surface area (Å²) in [5.41, 5.74) is 0.455. The van der Waals surface area contributed by atoms with Gasteiger partial charge in [-0.25, -0.2) is 0 Å². The van der Waals surface area contributed by atoms with Crippen molar-refractivity contribution in [1.29, 1.82) is 0 Å². The van der Waals surface area contributed by atoms with Gasteiger partial charge in [-0.15, -0.1) is 0 Å². The molecule has 1 saturated carbocycles. The molecule has 0 unspecified atom stereocenters. The molecule has 0 amide bonds. The summed E-state index contributed by atoms with van der Waals surface area (Å²) in [5, 5.41) is 0.626. The number of hydrogen-bond acceptors (Lipinski definition) is 2. The second-order valence-electron chi connectivity index (χ2n) is 4.73. The maximum atomic E-state index is 12.0. The Hall–Kier alpha value is -1.02. The van der Waals surface area contributed by atoms with Crippen LogP contribution in [0.3, 0.4) is 0 Å². The Morgan fingerprint density at radius 3 is 2.75 bits per heavy atom. The molecule has 2 nitrogen and oxygen atoms in total. The van der Waals surface area contributed by atoms with E-state index in [-0.39, 0.29) is 11.4 Å². The fourth-order valence-corrected chi connectivity index (χ4v) is 2.93. The molecular weight excluding hydrogens is 224 g/mol. The van der Waals surface area contributed by atoms with Crippen LogP contribution in [-0.2, 0) is 0 Å². The number of carbonyl (C=O) groups excluding carboxylic acids is 1. The lowest BCUT2D eigenvalue weighted by Crippen LogP contribution is -2.39. The number of carbonyl (C=O) groups is 1. The van der Waals surface area contributed by atoms with E-state index in [1.54, 1.807) is 18.2 Å². The first-order valence-corrected chi connectivity index (χ1v) is 6.08. The van der Waals surface area contributed by atoms with Crippen LogP contribution in [0.1, 0.15) is 42.5 Å². The van der Waals surface area contributed by atoms with E-state index < -0.39 is 0 Å². The molecule has 0 radical (unpaired) electrons. The zero-order chi connectivity index (χ0) is 11.2. The number of benzene rings is 1. The highest BCUT2D eigenvalue weighted by atomic mass is 35.5. The predicted octanol–water partition coefficient (Wildman–Crippen LogP) is 3.62. The summed E-state index contributed by atoms with van der Waals surface area (Å²) in [6, 6.07) is 5.27. The van der Waals surface area contributed by atoms with Gasteiger partial charge in [0.05, 0.1) is 12.0 Å². The van der Waals surface area contributed by atoms with Gasteiger partial charge < -0.3 is 4.74 Å². The topological polar surface area (TPSA) is 26.3 Å². The van der Waals surface area contributed by atoms with Crippen molar-refractivity contribution in [2.75, 3.05) is 0 Å². The molecule has 3 rings (SSSR count). The van der Waals surface area contributed by atoms with Gasteiger partial charge >= 0.3 is 0 Å². The summed E-state index contributed by atoms with van der Waals surface area (Å²) in [6.07, 6.45) is 4.82.